The van der Waals surface area contributed by atoms with E-state index >= 15 is 0 Å². The zero-order valence-corrected chi connectivity index (χ0v) is 23.1. The van der Waals surface area contributed by atoms with Gasteiger partial charge in [-0.05, 0) is 75.8 Å². The van der Waals surface area contributed by atoms with Gasteiger partial charge in [-0.25, -0.2) is 0 Å². The molecule has 2 amide bonds. The highest BCUT2D eigenvalue weighted by Crippen LogP contribution is 2.25. The number of allylic oxidation sites excluding steroid dienone is 3. The van der Waals surface area contributed by atoms with E-state index in [4.69, 9.17) is 4.99 Å². The molecule has 1 aromatic carbocycles. The molecule has 2 aliphatic rings. The molecule has 1 saturated heterocycles. The molecule has 2 atom stereocenters. The molecule has 0 aromatic heterocycles. The molecular formula is C29H44N4O2. The van der Waals surface area contributed by atoms with Crippen molar-refractivity contribution in [2.75, 3.05) is 13.1 Å². The maximum Gasteiger partial charge on any atom is 0.254 e. The molecule has 1 fully saturated rings. The van der Waals surface area contributed by atoms with Crippen LogP contribution in [-0.4, -0.2) is 47.7 Å². The van der Waals surface area contributed by atoms with Crippen molar-refractivity contribution in [1.82, 2.24) is 15.5 Å². The van der Waals surface area contributed by atoms with E-state index < -0.39 is 0 Å². The predicted molar refractivity (Wildman–Crippen MR) is 146 cm³/mol. The number of likely N-dealkylation sites (tertiary alicyclic amines) is 1. The maximum absolute atomic E-state index is 13.2. The number of nitrogens with one attached hydrogen (secondary N) is 2. The van der Waals surface area contributed by atoms with E-state index in [1.165, 1.54) is 5.57 Å². The molecular weight excluding hydrogens is 436 g/mol. The van der Waals surface area contributed by atoms with Gasteiger partial charge in [-0.1, -0.05) is 46.3 Å². The average Bonchev–Trinajstić information content (AvgIpc) is 3.46. The van der Waals surface area contributed by atoms with Crippen LogP contribution in [0.15, 0.2) is 46.6 Å². The number of amidine groups is 1. The monoisotopic (exact) mass is 480 g/mol. The zero-order valence-electron chi connectivity index (χ0n) is 23.1. The van der Waals surface area contributed by atoms with Crippen molar-refractivity contribution in [1.29, 1.82) is 0 Å². The molecule has 1 aromatic rings. The molecule has 0 spiro atoms. The van der Waals surface area contributed by atoms with Crippen molar-refractivity contribution < 1.29 is 9.59 Å². The topological polar surface area (TPSA) is 73.8 Å². The lowest BCUT2D eigenvalue weighted by molar-refractivity contribution is 0.0791. The Morgan fingerprint density at radius 2 is 1.80 bits per heavy atom. The number of amides is 2. The quantitative estimate of drug-likeness (QED) is 0.573. The second-order valence-electron chi connectivity index (χ2n) is 10.5. The fraction of sp³-hybridized carbons (Fsp3) is 0.552. The van der Waals surface area contributed by atoms with E-state index in [0.717, 1.165) is 43.0 Å². The Morgan fingerprint density at radius 3 is 2.34 bits per heavy atom. The first kappa shape index (κ1) is 28.3. The molecule has 35 heavy (non-hydrogen) atoms. The van der Waals surface area contributed by atoms with E-state index in [9.17, 15) is 9.59 Å². The van der Waals surface area contributed by atoms with Gasteiger partial charge in [-0.2, -0.15) is 0 Å². The minimum absolute atomic E-state index is 0.00970. The Hall–Kier alpha value is -2.89. The Bertz CT molecular complexity index is 1000. The van der Waals surface area contributed by atoms with Gasteiger partial charge in [0.15, 0.2) is 0 Å². The van der Waals surface area contributed by atoms with Crippen LogP contribution in [0.25, 0.3) is 0 Å². The molecule has 6 nitrogen and oxygen atoms in total. The van der Waals surface area contributed by atoms with Crippen molar-refractivity contribution in [2.45, 2.75) is 87.2 Å². The smallest absolute Gasteiger partial charge is 0.254 e. The fourth-order valence-corrected chi connectivity index (χ4v) is 4.19. The van der Waals surface area contributed by atoms with E-state index in [0.29, 0.717) is 11.1 Å². The summed E-state index contributed by atoms with van der Waals surface area (Å²) in [6.07, 6.45) is 6.23. The first-order valence-electron chi connectivity index (χ1n) is 12.9. The summed E-state index contributed by atoms with van der Waals surface area (Å²) in [6, 6.07) is 5.07. The zero-order chi connectivity index (χ0) is 26.3. The Balaban J connectivity index is 0.00000210. The maximum atomic E-state index is 13.2. The normalized spacial score (nSPS) is 19.3. The van der Waals surface area contributed by atoms with Crippen LogP contribution in [0.4, 0.5) is 0 Å². The van der Waals surface area contributed by atoms with Gasteiger partial charge >= 0.3 is 0 Å². The van der Waals surface area contributed by atoms with Crippen molar-refractivity contribution in [3.63, 3.8) is 0 Å². The van der Waals surface area contributed by atoms with Crippen LogP contribution in [0.5, 0.6) is 0 Å². The van der Waals surface area contributed by atoms with Gasteiger partial charge in [0.25, 0.3) is 11.8 Å². The number of rotatable bonds is 5. The number of nitrogens with zero attached hydrogens (tertiary/aromatic N) is 2. The van der Waals surface area contributed by atoms with Crippen LogP contribution in [0, 0.1) is 12.3 Å². The second kappa shape index (κ2) is 12.2. The number of hydrogen-bond acceptors (Lipinski definition) is 4. The summed E-state index contributed by atoms with van der Waals surface area (Å²) in [7, 11) is 0. The summed E-state index contributed by atoms with van der Waals surface area (Å²) in [4.78, 5) is 32.7. The van der Waals surface area contributed by atoms with Crippen LogP contribution in [-0.2, 0) is 0 Å². The number of aliphatic imine (C=N–C) groups is 1. The fourth-order valence-electron chi connectivity index (χ4n) is 4.19. The van der Waals surface area contributed by atoms with Crippen molar-refractivity contribution in [3.8, 4) is 0 Å². The van der Waals surface area contributed by atoms with Gasteiger partial charge in [-0.3, -0.25) is 14.6 Å². The van der Waals surface area contributed by atoms with Gasteiger partial charge < -0.3 is 15.5 Å². The van der Waals surface area contributed by atoms with Crippen LogP contribution >= 0.6 is 0 Å². The Morgan fingerprint density at radius 1 is 1.17 bits per heavy atom. The Kier molecular flexibility index (Phi) is 9.87. The van der Waals surface area contributed by atoms with E-state index in [-0.39, 0.29) is 29.3 Å². The minimum atomic E-state index is -0.281. The highest BCUT2D eigenvalue weighted by Gasteiger charge is 2.35. The molecule has 2 N–H and O–H groups in total. The average molecular weight is 481 g/mol. The van der Waals surface area contributed by atoms with E-state index in [2.05, 4.69) is 57.4 Å². The Labute approximate surface area is 212 Å². The van der Waals surface area contributed by atoms with Crippen LogP contribution in [0.2, 0.25) is 0 Å². The van der Waals surface area contributed by atoms with Gasteiger partial charge in [-0.15, -0.1) is 0 Å². The summed E-state index contributed by atoms with van der Waals surface area (Å²) in [5, 5.41) is 6.61. The minimum Gasteiger partial charge on any atom is -0.344 e. The predicted octanol–water partition coefficient (Wildman–Crippen LogP) is 5.64. The summed E-state index contributed by atoms with van der Waals surface area (Å²) in [5.74, 6) is 0.657. The molecule has 2 heterocycles. The number of benzene rings is 1. The largest absolute Gasteiger partial charge is 0.344 e. The molecule has 0 aliphatic carbocycles. The number of carbonyl (C=O) groups is 2. The number of hydrogen-bond donors (Lipinski definition) is 2. The highest BCUT2D eigenvalue weighted by atomic mass is 16.2. The third kappa shape index (κ3) is 7.30. The SMILES string of the molecule is CC.CC(C)=C/C=C1/NC(C(NC(=O)c2ccc(C(=O)N3CCCC3)c(C)c2)C(C)(C)C)=NC1C. The third-order valence-electron chi connectivity index (χ3n) is 6.18. The molecule has 2 aliphatic heterocycles. The van der Waals surface area contributed by atoms with E-state index in [1.54, 1.807) is 12.1 Å². The molecule has 192 valence electrons. The third-order valence-corrected chi connectivity index (χ3v) is 6.18. The van der Waals surface area contributed by atoms with Crippen LogP contribution < -0.4 is 10.6 Å². The lowest BCUT2D eigenvalue weighted by Gasteiger charge is -2.31. The van der Waals surface area contributed by atoms with E-state index in [1.807, 2.05) is 38.7 Å². The first-order chi connectivity index (χ1) is 16.5. The first-order valence-corrected chi connectivity index (χ1v) is 12.9. The highest BCUT2D eigenvalue weighted by molar-refractivity contribution is 6.02. The summed E-state index contributed by atoms with van der Waals surface area (Å²) < 4.78 is 0. The van der Waals surface area contributed by atoms with Crippen molar-refractivity contribution in [3.05, 3.63) is 58.3 Å². The van der Waals surface area contributed by atoms with Gasteiger partial charge in [0.2, 0.25) is 0 Å². The van der Waals surface area contributed by atoms with Crippen molar-refractivity contribution >= 4 is 17.6 Å². The van der Waals surface area contributed by atoms with Gasteiger partial charge in [0.1, 0.15) is 5.84 Å². The molecule has 0 radical (unpaired) electrons. The van der Waals surface area contributed by atoms with Gasteiger partial charge in [0, 0.05) is 29.9 Å². The molecule has 0 saturated carbocycles. The lowest BCUT2D eigenvalue weighted by atomic mass is 9.85. The van der Waals surface area contributed by atoms with Crippen LogP contribution in [0.3, 0.4) is 0 Å². The lowest BCUT2D eigenvalue weighted by Crippen LogP contribution is -2.52. The standard InChI is InChI=1S/C27H38N4O2.C2H6/c1-17(2)10-13-22-19(4)28-24(29-22)23(27(5,6)7)30-25(32)20-11-12-21(18(3)16-20)26(33)31-14-8-9-15-31;1-2/h10-13,16,19,23H,8-9,14-15H2,1-7H3,(H,28,29)(H,30,32);1-2H3/b22-13+;. The van der Waals surface area contributed by atoms with Gasteiger partial charge in [0.05, 0.1) is 12.1 Å². The molecule has 2 unspecified atom stereocenters. The van der Waals surface area contributed by atoms with Crippen molar-refractivity contribution in [2.24, 2.45) is 10.4 Å². The second-order valence-corrected chi connectivity index (χ2v) is 10.5. The summed E-state index contributed by atoms with van der Waals surface area (Å²) >= 11 is 0. The molecule has 0 bridgehead atoms. The summed E-state index contributed by atoms with van der Waals surface area (Å²) in [5.41, 5.74) is 4.04. The van der Waals surface area contributed by atoms with Crippen LogP contribution in [0.1, 0.15) is 94.5 Å². The molecule has 3 rings (SSSR count). The number of carbonyl (C=O) groups excluding carboxylic acids is 2. The summed E-state index contributed by atoms with van der Waals surface area (Å²) in [6.45, 7) is 20.0. The molecule has 6 heteroatoms. The number of aryl methyl sites for hydroxylation is 1.